The first-order valence-corrected chi connectivity index (χ1v) is 8.07. The molecule has 0 saturated carbocycles. The summed E-state index contributed by atoms with van der Waals surface area (Å²) in [6.07, 6.45) is 1.90. The lowest BCUT2D eigenvalue weighted by atomic mass is 10.3. The van der Waals surface area contributed by atoms with Gasteiger partial charge in [-0.05, 0) is 37.6 Å². The Morgan fingerprint density at radius 2 is 1.52 bits per heavy atom. The molecule has 1 aromatic rings. The maximum absolute atomic E-state index is 9.10. The summed E-state index contributed by atoms with van der Waals surface area (Å²) >= 11 is 0. The summed E-state index contributed by atoms with van der Waals surface area (Å²) in [5.41, 5.74) is 0. The maximum Gasteiger partial charge on any atom is 0.414 e. The van der Waals surface area contributed by atoms with Gasteiger partial charge in [0, 0.05) is 13.1 Å². The molecule has 0 aliphatic heterocycles. The normalized spacial score (nSPS) is 11.0. The zero-order chi connectivity index (χ0) is 19.1. The Kier molecular flexibility index (Phi) is 12.8. The Labute approximate surface area is 147 Å². The molecular formula is C17H27NO7. The molecule has 0 fully saturated rings. The predicted octanol–water partition coefficient (Wildman–Crippen LogP) is 1.37. The number of hydrogen-bond donors (Lipinski definition) is 4. The van der Waals surface area contributed by atoms with E-state index < -0.39 is 11.9 Å². The second-order valence-electron chi connectivity index (χ2n) is 5.19. The summed E-state index contributed by atoms with van der Waals surface area (Å²) < 4.78 is 11.1. The fourth-order valence-corrected chi connectivity index (χ4v) is 1.52. The molecule has 8 heteroatoms. The molecule has 0 aliphatic carbocycles. The highest BCUT2D eigenvalue weighted by Crippen LogP contribution is 2.17. The van der Waals surface area contributed by atoms with Gasteiger partial charge in [-0.15, -0.1) is 0 Å². The summed E-state index contributed by atoms with van der Waals surface area (Å²) in [5.74, 6) is -1.93. The van der Waals surface area contributed by atoms with Gasteiger partial charge in [-0.3, -0.25) is 0 Å². The average molecular weight is 357 g/mol. The fraction of sp³-hybridized carbons (Fsp3) is 0.529. The van der Waals surface area contributed by atoms with Crippen LogP contribution in [0.25, 0.3) is 0 Å². The van der Waals surface area contributed by atoms with Gasteiger partial charge >= 0.3 is 11.9 Å². The molecule has 0 radical (unpaired) electrons. The third kappa shape index (κ3) is 13.8. The lowest BCUT2D eigenvalue weighted by Gasteiger charge is -2.10. The minimum Gasteiger partial charge on any atom is -0.494 e. The molecular weight excluding hydrogens is 330 g/mol. The van der Waals surface area contributed by atoms with E-state index in [1.165, 1.54) is 0 Å². The Balaban J connectivity index is 0.000000823. The third-order valence-corrected chi connectivity index (χ3v) is 2.76. The summed E-state index contributed by atoms with van der Waals surface area (Å²) in [6.45, 7) is 6.56. The second kappa shape index (κ2) is 14.1. The van der Waals surface area contributed by atoms with E-state index in [0.29, 0.717) is 13.2 Å². The Bertz CT molecular complexity index is 476. The quantitative estimate of drug-likeness (QED) is 0.365. The van der Waals surface area contributed by atoms with E-state index in [0.717, 1.165) is 37.5 Å². The molecule has 1 aromatic carbocycles. The maximum atomic E-state index is 9.10. The minimum atomic E-state index is -1.82. The number of carboxylic acids is 2. The highest BCUT2D eigenvalue weighted by atomic mass is 16.5. The van der Waals surface area contributed by atoms with Crippen LogP contribution in [-0.4, -0.2) is 59.7 Å². The smallest absolute Gasteiger partial charge is 0.414 e. The van der Waals surface area contributed by atoms with E-state index in [-0.39, 0.29) is 6.10 Å². The first-order chi connectivity index (χ1) is 11.9. The monoisotopic (exact) mass is 357 g/mol. The molecule has 0 saturated heterocycles. The second-order valence-corrected chi connectivity index (χ2v) is 5.19. The van der Waals surface area contributed by atoms with Gasteiger partial charge in [0.05, 0.1) is 12.7 Å². The van der Waals surface area contributed by atoms with Gasteiger partial charge in [0.2, 0.25) is 0 Å². The summed E-state index contributed by atoms with van der Waals surface area (Å²) in [7, 11) is 0. The van der Waals surface area contributed by atoms with Crippen LogP contribution in [0, 0.1) is 0 Å². The largest absolute Gasteiger partial charge is 0.494 e. The standard InChI is InChI=1S/C15H25NO3.C2H2O4/c1-3-4-10-18-14-5-7-15(8-6-14)19-11-9-16-12-13(2)17;3-1(4)2(5)6/h5-8,13,16-17H,3-4,9-12H2,1-2H3;(H,3,4)(H,5,6). The number of aliphatic carboxylic acids is 2. The summed E-state index contributed by atoms with van der Waals surface area (Å²) in [4.78, 5) is 18.2. The lowest BCUT2D eigenvalue weighted by Crippen LogP contribution is -2.28. The fourth-order valence-electron chi connectivity index (χ4n) is 1.52. The number of carboxylic acid groups (broad SMARTS) is 2. The van der Waals surface area contributed by atoms with Crippen molar-refractivity contribution in [2.75, 3.05) is 26.3 Å². The van der Waals surface area contributed by atoms with Crippen LogP contribution in [0.15, 0.2) is 24.3 Å². The van der Waals surface area contributed by atoms with Crippen molar-refractivity contribution in [3.8, 4) is 11.5 Å². The topological polar surface area (TPSA) is 125 Å². The number of hydrogen-bond acceptors (Lipinski definition) is 6. The van der Waals surface area contributed by atoms with Crippen molar-refractivity contribution >= 4 is 11.9 Å². The summed E-state index contributed by atoms with van der Waals surface area (Å²) in [5, 5.41) is 27.0. The van der Waals surface area contributed by atoms with E-state index in [9.17, 15) is 0 Å². The molecule has 0 heterocycles. The molecule has 0 amide bonds. The van der Waals surface area contributed by atoms with Gasteiger partial charge in [-0.1, -0.05) is 13.3 Å². The van der Waals surface area contributed by atoms with Crippen molar-refractivity contribution in [2.24, 2.45) is 0 Å². The van der Waals surface area contributed by atoms with Crippen LogP contribution in [0.1, 0.15) is 26.7 Å². The van der Waals surface area contributed by atoms with Gasteiger partial charge in [-0.25, -0.2) is 9.59 Å². The van der Waals surface area contributed by atoms with Crippen molar-refractivity contribution in [1.29, 1.82) is 0 Å². The molecule has 0 aromatic heterocycles. The van der Waals surface area contributed by atoms with Crippen molar-refractivity contribution in [3.05, 3.63) is 24.3 Å². The van der Waals surface area contributed by atoms with Crippen LogP contribution in [0.5, 0.6) is 11.5 Å². The molecule has 1 unspecified atom stereocenters. The van der Waals surface area contributed by atoms with E-state index in [1.54, 1.807) is 6.92 Å². The lowest BCUT2D eigenvalue weighted by molar-refractivity contribution is -0.159. The van der Waals surface area contributed by atoms with Crippen molar-refractivity contribution in [1.82, 2.24) is 5.32 Å². The Morgan fingerprint density at radius 1 is 1.04 bits per heavy atom. The number of unbranched alkanes of at least 4 members (excludes halogenated alkanes) is 1. The highest BCUT2D eigenvalue weighted by Gasteiger charge is 2.04. The van der Waals surface area contributed by atoms with Crippen molar-refractivity contribution in [3.63, 3.8) is 0 Å². The molecule has 142 valence electrons. The molecule has 4 N–H and O–H groups in total. The van der Waals surface area contributed by atoms with Crippen LogP contribution in [-0.2, 0) is 9.59 Å². The first kappa shape index (κ1) is 22.7. The van der Waals surface area contributed by atoms with E-state index in [4.69, 9.17) is 34.4 Å². The first-order valence-electron chi connectivity index (χ1n) is 8.07. The van der Waals surface area contributed by atoms with Gasteiger partial charge in [0.25, 0.3) is 0 Å². The van der Waals surface area contributed by atoms with Gasteiger partial charge < -0.3 is 30.1 Å². The van der Waals surface area contributed by atoms with Crippen LogP contribution in [0.4, 0.5) is 0 Å². The van der Waals surface area contributed by atoms with E-state index in [2.05, 4.69) is 12.2 Å². The van der Waals surface area contributed by atoms with Gasteiger partial charge in [0.1, 0.15) is 18.1 Å². The van der Waals surface area contributed by atoms with Crippen LogP contribution in [0.2, 0.25) is 0 Å². The number of ether oxygens (including phenoxy) is 2. The predicted molar refractivity (Wildman–Crippen MR) is 92.2 cm³/mol. The van der Waals surface area contributed by atoms with Gasteiger partial charge in [-0.2, -0.15) is 0 Å². The number of rotatable bonds is 10. The molecule has 8 nitrogen and oxygen atoms in total. The number of carbonyl (C=O) groups is 2. The summed E-state index contributed by atoms with van der Waals surface area (Å²) in [6, 6.07) is 7.67. The molecule has 1 atom stereocenters. The number of nitrogens with one attached hydrogen (secondary N) is 1. The zero-order valence-corrected chi connectivity index (χ0v) is 14.6. The Morgan fingerprint density at radius 3 is 1.92 bits per heavy atom. The number of aliphatic hydroxyl groups excluding tert-OH is 1. The molecule has 1 rings (SSSR count). The van der Waals surface area contributed by atoms with Crippen molar-refractivity contribution in [2.45, 2.75) is 32.8 Å². The highest BCUT2D eigenvalue weighted by molar-refractivity contribution is 6.27. The number of aliphatic hydroxyl groups is 1. The van der Waals surface area contributed by atoms with Crippen LogP contribution < -0.4 is 14.8 Å². The van der Waals surface area contributed by atoms with Crippen LogP contribution in [0.3, 0.4) is 0 Å². The van der Waals surface area contributed by atoms with Crippen molar-refractivity contribution < 1.29 is 34.4 Å². The molecule has 0 spiro atoms. The SMILES string of the molecule is CCCCOc1ccc(OCCNCC(C)O)cc1.O=C(O)C(=O)O. The number of benzene rings is 1. The Hall–Kier alpha value is -2.32. The average Bonchev–Trinajstić information content (AvgIpc) is 2.56. The minimum absolute atomic E-state index is 0.320. The van der Waals surface area contributed by atoms with E-state index >= 15 is 0 Å². The van der Waals surface area contributed by atoms with Gasteiger partial charge in [0.15, 0.2) is 0 Å². The molecule has 0 aliphatic rings. The molecule has 25 heavy (non-hydrogen) atoms. The molecule has 0 bridgehead atoms. The van der Waals surface area contributed by atoms with Crippen LogP contribution >= 0.6 is 0 Å². The zero-order valence-electron chi connectivity index (χ0n) is 14.6. The van der Waals surface area contributed by atoms with E-state index in [1.807, 2.05) is 24.3 Å². The third-order valence-electron chi connectivity index (χ3n) is 2.76.